The molecule has 0 aliphatic rings. The molecule has 0 aliphatic carbocycles. The fourth-order valence-corrected chi connectivity index (χ4v) is 3.22. The summed E-state index contributed by atoms with van der Waals surface area (Å²) in [5.74, 6) is -0.365. The van der Waals surface area contributed by atoms with E-state index in [1.54, 1.807) is 42.9 Å². The number of rotatable bonds is 5. The number of hydrogen-bond acceptors (Lipinski definition) is 5. The molecule has 1 N–H and O–H groups in total. The van der Waals surface area contributed by atoms with Crippen LogP contribution in [0.15, 0.2) is 30.5 Å². The first kappa shape index (κ1) is 20.0. The maximum absolute atomic E-state index is 12.5. The molecule has 0 bridgehead atoms. The molecular weight excluding hydrogens is 368 g/mol. The lowest BCUT2D eigenvalue weighted by Crippen LogP contribution is -2.24. The van der Waals surface area contributed by atoms with Gasteiger partial charge in [0, 0.05) is 31.9 Å². The van der Waals surface area contributed by atoms with Crippen molar-refractivity contribution in [1.29, 1.82) is 5.26 Å². The van der Waals surface area contributed by atoms with Crippen LogP contribution in [0.1, 0.15) is 39.3 Å². The number of nitrogens with zero attached hydrogens (tertiary/aromatic N) is 5. The lowest BCUT2D eigenvalue weighted by atomic mass is 10.1. The number of nitrogens with one attached hydrogen (secondary N) is 1. The molecule has 3 aromatic rings. The number of amides is 2. The summed E-state index contributed by atoms with van der Waals surface area (Å²) in [4.78, 5) is 30.8. The van der Waals surface area contributed by atoms with Gasteiger partial charge in [0.25, 0.3) is 5.91 Å². The average molecular weight is 390 g/mol. The normalized spacial score (nSPS) is 10.6. The molecule has 2 aromatic heterocycles. The van der Waals surface area contributed by atoms with Crippen LogP contribution in [-0.2, 0) is 11.2 Å². The highest BCUT2D eigenvalue weighted by Crippen LogP contribution is 2.20. The highest BCUT2D eigenvalue weighted by Gasteiger charge is 2.17. The third kappa shape index (κ3) is 3.94. The number of benzene rings is 1. The summed E-state index contributed by atoms with van der Waals surface area (Å²) < 4.78 is 1.63. The van der Waals surface area contributed by atoms with Crippen molar-refractivity contribution < 1.29 is 9.59 Å². The summed E-state index contributed by atoms with van der Waals surface area (Å²) >= 11 is 0. The van der Waals surface area contributed by atoms with E-state index >= 15 is 0 Å². The molecule has 29 heavy (non-hydrogen) atoms. The fourth-order valence-electron chi connectivity index (χ4n) is 3.22. The molecule has 0 fully saturated rings. The van der Waals surface area contributed by atoms with Gasteiger partial charge in [0.1, 0.15) is 11.6 Å². The number of anilines is 1. The van der Waals surface area contributed by atoms with Crippen molar-refractivity contribution in [3.8, 4) is 6.07 Å². The molecular formula is C21H22N6O2. The number of carbonyl (C=O) groups excluding carboxylic acids is 2. The van der Waals surface area contributed by atoms with E-state index in [1.165, 1.54) is 11.1 Å². The van der Waals surface area contributed by atoms with Gasteiger partial charge < -0.3 is 10.2 Å². The van der Waals surface area contributed by atoms with Gasteiger partial charge >= 0.3 is 0 Å². The van der Waals surface area contributed by atoms with Crippen LogP contribution in [0.25, 0.3) is 5.65 Å². The molecule has 0 atom stereocenters. The minimum atomic E-state index is -0.193. The summed E-state index contributed by atoms with van der Waals surface area (Å²) in [6.45, 7) is 3.76. The van der Waals surface area contributed by atoms with Crippen LogP contribution in [0.4, 0.5) is 5.69 Å². The van der Waals surface area contributed by atoms with Gasteiger partial charge in [-0.25, -0.2) is 9.50 Å². The Morgan fingerprint density at radius 2 is 1.97 bits per heavy atom. The molecule has 2 amide bonds. The smallest absolute Gasteiger partial charge is 0.255 e. The molecule has 1 aromatic carbocycles. The van der Waals surface area contributed by atoms with Crippen molar-refractivity contribution in [3.63, 3.8) is 0 Å². The molecule has 8 nitrogen and oxygen atoms in total. The second-order valence-corrected chi connectivity index (χ2v) is 6.96. The Hall–Kier alpha value is -3.73. The molecule has 8 heteroatoms. The van der Waals surface area contributed by atoms with Crippen molar-refractivity contribution in [1.82, 2.24) is 19.5 Å². The van der Waals surface area contributed by atoms with Crippen molar-refractivity contribution in [3.05, 3.63) is 58.5 Å². The molecule has 0 saturated heterocycles. The number of carbonyl (C=O) groups is 2. The maximum Gasteiger partial charge on any atom is 0.255 e. The number of para-hydroxylation sites is 1. The van der Waals surface area contributed by atoms with E-state index in [0.29, 0.717) is 28.9 Å². The van der Waals surface area contributed by atoms with Crippen molar-refractivity contribution >= 4 is 23.1 Å². The second-order valence-electron chi connectivity index (χ2n) is 6.96. The van der Waals surface area contributed by atoms with Gasteiger partial charge in [-0.2, -0.15) is 10.4 Å². The quantitative estimate of drug-likeness (QED) is 0.721. The molecule has 0 unspecified atom stereocenters. The summed E-state index contributed by atoms with van der Waals surface area (Å²) in [7, 11) is 3.34. The average Bonchev–Trinajstić information content (AvgIpc) is 3.10. The monoisotopic (exact) mass is 390 g/mol. The lowest BCUT2D eigenvalue weighted by Gasteiger charge is -2.15. The molecule has 3 rings (SSSR count). The van der Waals surface area contributed by atoms with E-state index in [4.69, 9.17) is 5.26 Å². The van der Waals surface area contributed by atoms with Gasteiger partial charge in [-0.3, -0.25) is 9.59 Å². The van der Waals surface area contributed by atoms with Gasteiger partial charge in [-0.15, -0.1) is 0 Å². The van der Waals surface area contributed by atoms with Crippen molar-refractivity contribution in [2.45, 2.75) is 26.7 Å². The van der Waals surface area contributed by atoms with E-state index in [1.807, 2.05) is 13.8 Å². The Labute approximate surface area is 168 Å². The zero-order valence-corrected chi connectivity index (χ0v) is 16.9. The molecule has 0 radical (unpaired) electrons. The maximum atomic E-state index is 12.5. The molecule has 0 aliphatic heterocycles. The predicted molar refractivity (Wildman–Crippen MR) is 109 cm³/mol. The predicted octanol–water partition coefficient (Wildman–Crippen LogP) is 2.49. The Morgan fingerprint density at radius 1 is 1.24 bits per heavy atom. The second kappa shape index (κ2) is 8.10. The van der Waals surface area contributed by atoms with E-state index in [2.05, 4.69) is 21.5 Å². The highest BCUT2D eigenvalue weighted by atomic mass is 16.2. The topological polar surface area (TPSA) is 103 Å². The SMILES string of the molecule is Cc1nc2c(C#N)cnn2c(C)c1CCC(=O)Nc1ccccc1C(=O)N(C)C. The summed E-state index contributed by atoms with van der Waals surface area (Å²) in [6.07, 6.45) is 2.19. The summed E-state index contributed by atoms with van der Waals surface area (Å²) in [5.41, 5.74) is 4.41. The number of aryl methyl sites for hydroxylation is 2. The number of nitriles is 1. The summed E-state index contributed by atoms with van der Waals surface area (Å²) in [5, 5.41) is 16.2. The van der Waals surface area contributed by atoms with Gasteiger partial charge in [-0.05, 0) is 38.0 Å². The van der Waals surface area contributed by atoms with Gasteiger partial charge in [0.15, 0.2) is 5.65 Å². The Bertz CT molecular complexity index is 1140. The molecule has 0 spiro atoms. The van der Waals surface area contributed by atoms with Crippen LogP contribution < -0.4 is 5.32 Å². The first-order chi connectivity index (χ1) is 13.8. The molecule has 148 valence electrons. The number of aromatic nitrogens is 3. The van der Waals surface area contributed by atoms with Crippen LogP contribution in [0.3, 0.4) is 0 Å². The molecule has 2 heterocycles. The van der Waals surface area contributed by atoms with Crippen LogP contribution in [-0.4, -0.2) is 45.4 Å². The third-order valence-corrected chi connectivity index (χ3v) is 4.77. The van der Waals surface area contributed by atoms with Crippen LogP contribution >= 0.6 is 0 Å². The van der Waals surface area contributed by atoms with Crippen molar-refractivity contribution in [2.24, 2.45) is 0 Å². The third-order valence-electron chi connectivity index (χ3n) is 4.77. The zero-order chi connectivity index (χ0) is 21.1. The van der Waals surface area contributed by atoms with Gasteiger partial charge in [-0.1, -0.05) is 12.1 Å². The minimum Gasteiger partial charge on any atom is -0.345 e. The summed E-state index contributed by atoms with van der Waals surface area (Å²) in [6, 6.07) is 9.03. The minimum absolute atomic E-state index is 0.172. The van der Waals surface area contributed by atoms with E-state index in [0.717, 1.165) is 17.0 Å². The molecule has 0 saturated carbocycles. The highest BCUT2D eigenvalue weighted by molar-refractivity contribution is 6.03. The van der Waals surface area contributed by atoms with E-state index in [9.17, 15) is 9.59 Å². The van der Waals surface area contributed by atoms with E-state index in [-0.39, 0.29) is 18.2 Å². The van der Waals surface area contributed by atoms with Gasteiger partial charge in [0.2, 0.25) is 5.91 Å². The van der Waals surface area contributed by atoms with Crippen LogP contribution in [0, 0.1) is 25.2 Å². The van der Waals surface area contributed by atoms with Crippen molar-refractivity contribution in [2.75, 3.05) is 19.4 Å². The zero-order valence-electron chi connectivity index (χ0n) is 16.9. The number of fused-ring (bicyclic) bond motifs is 1. The lowest BCUT2D eigenvalue weighted by molar-refractivity contribution is -0.116. The Balaban J connectivity index is 1.77. The standard InChI is InChI=1S/C21H22N6O2/c1-13-16(14(2)27-20(24-13)15(11-22)12-23-27)9-10-19(28)25-18-8-6-5-7-17(18)21(29)26(3)4/h5-8,12H,9-10H2,1-4H3,(H,25,28). The Morgan fingerprint density at radius 3 is 2.66 bits per heavy atom. The van der Waals surface area contributed by atoms with Crippen LogP contribution in [0.5, 0.6) is 0 Å². The van der Waals surface area contributed by atoms with Crippen LogP contribution in [0.2, 0.25) is 0 Å². The first-order valence-electron chi connectivity index (χ1n) is 9.18. The Kier molecular flexibility index (Phi) is 5.59. The van der Waals surface area contributed by atoms with Gasteiger partial charge in [0.05, 0.1) is 17.4 Å². The van der Waals surface area contributed by atoms with E-state index < -0.39 is 0 Å². The first-order valence-corrected chi connectivity index (χ1v) is 9.18. The fraction of sp³-hybridized carbons (Fsp3) is 0.286. The largest absolute Gasteiger partial charge is 0.345 e. The number of hydrogen-bond donors (Lipinski definition) is 1.